The van der Waals surface area contributed by atoms with Crippen LogP contribution in [0.2, 0.25) is 0 Å². The van der Waals surface area contributed by atoms with Crippen molar-refractivity contribution in [3.05, 3.63) is 48.3 Å². The molecule has 0 saturated heterocycles. The third-order valence-electron chi connectivity index (χ3n) is 2.84. The quantitative estimate of drug-likeness (QED) is 0.759. The zero-order valence-electron chi connectivity index (χ0n) is 10.8. The number of aryl methyl sites for hydroxylation is 2. The molecule has 2 aromatic rings. The molecule has 4 heteroatoms. The predicted molar refractivity (Wildman–Crippen MR) is 72.1 cm³/mol. The van der Waals surface area contributed by atoms with E-state index in [-0.39, 0.29) is 0 Å². The molecule has 0 amide bonds. The molecule has 0 unspecified atom stereocenters. The molecule has 18 heavy (non-hydrogen) atoms. The lowest BCUT2D eigenvalue weighted by Gasteiger charge is -2.05. The number of hydrogen-bond acceptors (Lipinski definition) is 3. The van der Waals surface area contributed by atoms with Crippen molar-refractivity contribution in [3.63, 3.8) is 0 Å². The molecule has 0 spiro atoms. The summed E-state index contributed by atoms with van der Waals surface area (Å²) in [5.74, 6) is 0. The van der Waals surface area contributed by atoms with Crippen LogP contribution in [0.25, 0.3) is 0 Å². The molecule has 1 N–H and O–H groups in total. The van der Waals surface area contributed by atoms with Crippen LogP contribution in [-0.2, 0) is 13.1 Å². The van der Waals surface area contributed by atoms with Gasteiger partial charge in [0, 0.05) is 37.9 Å². The maximum atomic E-state index is 4.18. The standard InChI is InChI=1S/C14H20N4/c1-13-8-14(11-17-9-13)10-15-4-2-3-6-18-7-5-16-12-18/h5,7-9,11-12,15H,2-4,6,10H2,1H3. The molecule has 0 atom stereocenters. The van der Waals surface area contributed by atoms with Gasteiger partial charge in [-0.3, -0.25) is 4.98 Å². The van der Waals surface area contributed by atoms with E-state index < -0.39 is 0 Å². The maximum absolute atomic E-state index is 4.18. The Kier molecular flexibility index (Phi) is 4.90. The van der Waals surface area contributed by atoms with Crippen molar-refractivity contribution in [2.45, 2.75) is 32.9 Å². The van der Waals surface area contributed by atoms with E-state index in [1.807, 2.05) is 31.1 Å². The summed E-state index contributed by atoms with van der Waals surface area (Å²) < 4.78 is 2.12. The molecule has 0 aliphatic heterocycles. The molecule has 2 aromatic heterocycles. The zero-order chi connectivity index (χ0) is 12.6. The second kappa shape index (κ2) is 6.91. The Morgan fingerprint density at radius 2 is 2.17 bits per heavy atom. The van der Waals surface area contributed by atoms with E-state index in [9.17, 15) is 0 Å². The fraction of sp³-hybridized carbons (Fsp3) is 0.429. The SMILES string of the molecule is Cc1cncc(CNCCCCn2ccnc2)c1. The van der Waals surface area contributed by atoms with Gasteiger partial charge in [0.2, 0.25) is 0 Å². The normalized spacial score (nSPS) is 10.7. The van der Waals surface area contributed by atoms with Crippen LogP contribution in [0.15, 0.2) is 37.2 Å². The molecule has 0 saturated carbocycles. The summed E-state index contributed by atoms with van der Waals surface area (Å²) in [6.07, 6.45) is 11.9. The topological polar surface area (TPSA) is 42.7 Å². The lowest BCUT2D eigenvalue weighted by molar-refractivity contribution is 0.568. The number of hydrogen-bond donors (Lipinski definition) is 1. The highest BCUT2D eigenvalue weighted by atomic mass is 15.0. The average Bonchev–Trinajstić information content (AvgIpc) is 2.87. The van der Waals surface area contributed by atoms with E-state index >= 15 is 0 Å². The van der Waals surface area contributed by atoms with E-state index in [4.69, 9.17) is 0 Å². The summed E-state index contributed by atoms with van der Waals surface area (Å²) in [5.41, 5.74) is 2.47. The van der Waals surface area contributed by atoms with Crippen LogP contribution < -0.4 is 5.32 Å². The molecule has 2 rings (SSSR count). The highest BCUT2D eigenvalue weighted by Gasteiger charge is 1.94. The minimum Gasteiger partial charge on any atom is -0.337 e. The van der Waals surface area contributed by atoms with Gasteiger partial charge in [0.25, 0.3) is 0 Å². The van der Waals surface area contributed by atoms with E-state index in [1.54, 1.807) is 0 Å². The molecule has 0 aliphatic rings. The number of imidazole rings is 1. The summed E-state index contributed by atoms with van der Waals surface area (Å²) in [6.45, 7) is 5.07. The largest absolute Gasteiger partial charge is 0.337 e. The Morgan fingerprint density at radius 3 is 2.94 bits per heavy atom. The number of pyridine rings is 1. The first kappa shape index (κ1) is 12.8. The van der Waals surface area contributed by atoms with Crippen molar-refractivity contribution >= 4 is 0 Å². The third-order valence-corrected chi connectivity index (χ3v) is 2.84. The Morgan fingerprint density at radius 1 is 1.22 bits per heavy atom. The van der Waals surface area contributed by atoms with E-state index in [0.29, 0.717) is 0 Å². The van der Waals surface area contributed by atoms with Gasteiger partial charge in [-0.15, -0.1) is 0 Å². The summed E-state index contributed by atoms with van der Waals surface area (Å²) in [6, 6.07) is 2.17. The van der Waals surface area contributed by atoms with Crippen LogP contribution >= 0.6 is 0 Å². The lowest BCUT2D eigenvalue weighted by atomic mass is 10.2. The predicted octanol–water partition coefficient (Wildman–Crippen LogP) is 2.16. The van der Waals surface area contributed by atoms with Gasteiger partial charge in [-0.2, -0.15) is 0 Å². The molecular weight excluding hydrogens is 224 g/mol. The number of unbranched alkanes of at least 4 members (excludes halogenated alkanes) is 1. The van der Waals surface area contributed by atoms with Gasteiger partial charge in [0.15, 0.2) is 0 Å². The fourth-order valence-corrected chi connectivity index (χ4v) is 1.91. The molecule has 2 heterocycles. The summed E-state index contributed by atoms with van der Waals surface area (Å²) in [7, 11) is 0. The summed E-state index contributed by atoms with van der Waals surface area (Å²) >= 11 is 0. The van der Waals surface area contributed by atoms with Crippen molar-refractivity contribution < 1.29 is 0 Å². The second-order valence-electron chi connectivity index (χ2n) is 4.55. The minimum atomic E-state index is 0.903. The van der Waals surface area contributed by atoms with E-state index in [0.717, 1.165) is 19.6 Å². The van der Waals surface area contributed by atoms with Gasteiger partial charge in [-0.1, -0.05) is 6.07 Å². The lowest BCUT2D eigenvalue weighted by Crippen LogP contribution is -2.15. The molecule has 4 nitrogen and oxygen atoms in total. The minimum absolute atomic E-state index is 0.903. The van der Waals surface area contributed by atoms with Crippen LogP contribution in [0.5, 0.6) is 0 Å². The number of rotatable bonds is 7. The molecule has 0 radical (unpaired) electrons. The van der Waals surface area contributed by atoms with Crippen molar-refractivity contribution in [2.24, 2.45) is 0 Å². The van der Waals surface area contributed by atoms with Crippen LogP contribution in [0.3, 0.4) is 0 Å². The highest BCUT2D eigenvalue weighted by molar-refractivity contribution is 5.16. The molecule has 0 bridgehead atoms. The highest BCUT2D eigenvalue weighted by Crippen LogP contribution is 2.00. The Balaban J connectivity index is 1.56. The molecule has 0 aromatic carbocycles. The number of aromatic nitrogens is 3. The maximum Gasteiger partial charge on any atom is 0.0945 e. The fourth-order valence-electron chi connectivity index (χ4n) is 1.91. The van der Waals surface area contributed by atoms with Gasteiger partial charge in [-0.05, 0) is 37.4 Å². The van der Waals surface area contributed by atoms with Crippen LogP contribution in [0.4, 0.5) is 0 Å². The molecular formula is C14H20N4. The summed E-state index contributed by atoms with van der Waals surface area (Å²) in [5, 5.41) is 3.44. The zero-order valence-corrected chi connectivity index (χ0v) is 10.8. The average molecular weight is 244 g/mol. The van der Waals surface area contributed by atoms with Crippen molar-refractivity contribution in [2.75, 3.05) is 6.54 Å². The Hall–Kier alpha value is -1.68. The molecule has 96 valence electrons. The summed E-state index contributed by atoms with van der Waals surface area (Å²) in [4.78, 5) is 8.21. The van der Waals surface area contributed by atoms with Crippen LogP contribution in [0.1, 0.15) is 24.0 Å². The van der Waals surface area contributed by atoms with Crippen molar-refractivity contribution in [1.82, 2.24) is 19.9 Å². The van der Waals surface area contributed by atoms with Crippen molar-refractivity contribution in [3.8, 4) is 0 Å². The third kappa shape index (κ3) is 4.30. The first-order valence-electron chi connectivity index (χ1n) is 6.41. The smallest absolute Gasteiger partial charge is 0.0945 e. The first-order valence-corrected chi connectivity index (χ1v) is 6.41. The van der Waals surface area contributed by atoms with Gasteiger partial charge in [0.1, 0.15) is 0 Å². The first-order chi connectivity index (χ1) is 8.84. The van der Waals surface area contributed by atoms with Gasteiger partial charge in [0.05, 0.1) is 6.33 Å². The van der Waals surface area contributed by atoms with Gasteiger partial charge >= 0.3 is 0 Å². The second-order valence-corrected chi connectivity index (χ2v) is 4.55. The van der Waals surface area contributed by atoms with Gasteiger partial charge in [-0.25, -0.2) is 4.98 Å². The van der Waals surface area contributed by atoms with Gasteiger partial charge < -0.3 is 9.88 Å². The Labute approximate surface area is 108 Å². The van der Waals surface area contributed by atoms with E-state index in [1.165, 1.54) is 24.0 Å². The molecule has 0 aliphatic carbocycles. The Bertz CT molecular complexity index is 451. The number of nitrogens with zero attached hydrogens (tertiary/aromatic N) is 3. The monoisotopic (exact) mass is 244 g/mol. The van der Waals surface area contributed by atoms with Crippen molar-refractivity contribution in [1.29, 1.82) is 0 Å². The number of nitrogens with one attached hydrogen (secondary N) is 1. The van der Waals surface area contributed by atoms with E-state index in [2.05, 4.69) is 32.8 Å². The van der Waals surface area contributed by atoms with Crippen LogP contribution in [0, 0.1) is 6.92 Å². The molecule has 0 fully saturated rings. The van der Waals surface area contributed by atoms with Crippen LogP contribution in [-0.4, -0.2) is 21.1 Å².